The summed E-state index contributed by atoms with van der Waals surface area (Å²) >= 11 is -1.63. The van der Waals surface area contributed by atoms with Crippen molar-refractivity contribution in [1.82, 2.24) is 4.72 Å². The molecule has 1 aliphatic heterocycles. The number of esters is 2. The lowest BCUT2D eigenvalue weighted by molar-refractivity contribution is -0.240. The summed E-state index contributed by atoms with van der Waals surface area (Å²) in [5.74, 6) is -6.17. The zero-order valence-corrected chi connectivity index (χ0v) is 18.2. The van der Waals surface area contributed by atoms with Gasteiger partial charge in [0, 0.05) is 30.8 Å². The summed E-state index contributed by atoms with van der Waals surface area (Å²) in [6, 6.07) is 3.71. The van der Waals surface area contributed by atoms with Crippen molar-refractivity contribution in [2.45, 2.75) is 70.5 Å². The third-order valence-electron chi connectivity index (χ3n) is 4.62. The molecule has 0 saturated carbocycles. The van der Waals surface area contributed by atoms with Gasteiger partial charge in [0.1, 0.15) is 4.75 Å². The Bertz CT molecular complexity index is 776. The molecule has 1 heterocycles. The number of carbonyl (C=O) groups is 2. The van der Waals surface area contributed by atoms with Crippen molar-refractivity contribution in [3.63, 3.8) is 0 Å². The number of hydrogen-bond donors (Lipinski definition) is 1. The number of rotatable bonds is 6. The monoisotopic (exact) mass is 431 g/mol. The van der Waals surface area contributed by atoms with Crippen LogP contribution in [0, 0.1) is 17.6 Å². The van der Waals surface area contributed by atoms with Crippen molar-refractivity contribution in [3.8, 4) is 0 Å². The summed E-state index contributed by atoms with van der Waals surface area (Å²) in [6.45, 7) is 9.64. The highest BCUT2D eigenvalue weighted by Crippen LogP contribution is 2.35. The van der Waals surface area contributed by atoms with E-state index in [-0.39, 0.29) is 18.4 Å². The van der Waals surface area contributed by atoms with Crippen molar-refractivity contribution in [2.75, 3.05) is 0 Å². The average Bonchev–Trinajstić information content (AvgIpc) is 2.54. The second-order valence-corrected chi connectivity index (χ2v) is 10.7. The molecule has 0 amide bonds. The number of carbonyl (C=O) groups excluding carboxylic acids is 2. The van der Waals surface area contributed by atoms with Crippen LogP contribution in [0.15, 0.2) is 18.2 Å². The predicted molar refractivity (Wildman–Crippen MR) is 104 cm³/mol. The van der Waals surface area contributed by atoms with E-state index in [0.717, 1.165) is 6.07 Å². The van der Waals surface area contributed by atoms with E-state index in [9.17, 15) is 22.9 Å². The summed E-state index contributed by atoms with van der Waals surface area (Å²) in [5.41, 5.74) is -1.37. The lowest BCUT2D eigenvalue weighted by Gasteiger charge is -2.37. The maximum atomic E-state index is 14.6. The summed E-state index contributed by atoms with van der Waals surface area (Å²) in [6.07, 6.45) is -0.0565. The van der Waals surface area contributed by atoms with Crippen LogP contribution >= 0.6 is 0 Å². The van der Waals surface area contributed by atoms with E-state index in [2.05, 4.69) is 4.72 Å². The van der Waals surface area contributed by atoms with E-state index < -0.39 is 56.9 Å². The molecule has 2 atom stereocenters. The Hall–Kier alpha value is -1.71. The van der Waals surface area contributed by atoms with E-state index in [4.69, 9.17) is 9.47 Å². The molecule has 0 bridgehead atoms. The van der Waals surface area contributed by atoms with Crippen molar-refractivity contribution in [2.24, 2.45) is 5.92 Å². The second kappa shape index (κ2) is 8.20. The molecular formula is C20H27F2NO5S. The molecule has 1 fully saturated rings. The highest BCUT2D eigenvalue weighted by molar-refractivity contribution is 7.90. The Balaban J connectivity index is 2.32. The molecule has 0 spiro atoms. The zero-order chi connectivity index (χ0) is 22.2. The van der Waals surface area contributed by atoms with Crippen molar-refractivity contribution in [1.29, 1.82) is 0 Å². The van der Waals surface area contributed by atoms with E-state index >= 15 is 0 Å². The van der Waals surface area contributed by atoms with Crippen LogP contribution in [0.1, 0.15) is 59.9 Å². The second-order valence-electron chi connectivity index (χ2n) is 8.75. The van der Waals surface area contributed by atoms with E-state index in [1.54, 1.807) is 27.7 Å². The topological polar surface area (TPSA) is 87.7 Å². The lowest BCUT2D eigenvalue weighted by Crippen LogP contribution is -2.51. The Morgan fingerprint density at radius 1 is 1.14 bits per heavy atom. The summed E-state index contributed by atoms with van der Waals surface area (Å²) < 4.78 is 53.5. The molecule has 1 N–H and O–H groups in total. The standard InChI is InChI=1S/C20H27F2NO5S/c1-18(2,3)29(26)23-20(6,13-8-7-9-14(21)15(13)22)11-10-12-16(24)27-19(4,5)28-17(12)25/h7-9,12,23H,10-11H2,1-6H3/t20?,29-/m1/s1. The largest absolute Gasteiger partial charge is 0.598 e. The van der Waals surface area contributed by atoms with Gasteiger partial charge in [-0.05, 0) is 46.6 Å². The predicted octanol–water partition coefficient (Wildman–Crippen LogP) is 3.46. The molecule has 29 heavy (non-hydrogen) atoms. The minimum Gasteiger partial charge on any atom is -0.598 e. The Kier molecular flexibility index (Phi) is 6.66. The first-order valence-electron chi connectivity index (χ1n) is 9.26. The number of nitrogens with one attached hydrogen (secondary N) is 1. The first kappa shape index (κ1) is 23.6. The number of halogens is 2. The van der Waals surface area contributed by atoms with Gasteiger partial charge in [0.2, 0.25) is 0 Å². The molecule has 6 nitrogen and oxygen atoms in total. The summed E-state index contributed by atoms with van der Waals surface area (Å²) in [4.78, 5) is 24.5. The highest BCUT2D eigenvalue weighted by Gasteiger charge is 2.46. The SMILES string of the molecule is CC1(C)OC(=O)C(CCC(C)(N[S@+]([O-])C(C)(C)C)c2cccc(F)c2F)C(=O)O1. The fourth-order valence-electron chi connectivity index (χ4n) is 2.94. The number of ether oxygens (including phenoxy) is 2. The molecule has 1 aromatic rings. The first-order valence-corrected chi connectivity index (χ1v) is 10.4. The zero-order valence-electron chi connectivity index (χ0n) is 17.4. The first-order chi connectivity index (χ1) is 13.2. The van der Waals surface area contributed by atoms with Gasteiger partial charge in [0.25, 0.3) is 5.79 Å². The van der Waals surface area contributed by atoms with Crippen LogP contribution < -0.4 is 4.72 Å². The fraction of sp³-hybridized carbons (Fsp3) is 0.600. The maximum absolute atomic E-state index is 14.6. The third kappa shape index (κ3) is 5.46. The van der Waals surface area contributed by atoms with Crippen LogP contribution in [0.2, 0.25) is 0 Å². The lowest BCUT2D eigenvalue weighted by atomic mass is 9.85. The van der Waals surface area contributed by atoms with Crippen molar-refractivity contribution >= 4 is 23.3 Å². The van der Waals surface area contributed by atoms with Gasteiger partial charge in [-0.15, -0.1) is 4.72 Å². The molecule has 1 aliphatic rings. The van der Waals surface area contributed by atoms with Gasteiger partial charge < -0.3 is 14.0 Å². The smallest absolute Gasteiger partial charge is 0.323 e. The van der Waals surface area contributed by atoms with Crippen LogP contribution in [-0.4, -0.2) is 27.0 Å². The molecule has 0 aromatic heterocycles. The molecule has 1 saturated heterocycles. The Morgan fingerprint density at radius 2 is 1.69 bits per heavy atom. The molecule has 9 heteroatoms. The van der Waals surface area contributed by atoms with Gasteiger partial charge in [0.05, 0.1) is 5.54 Å². The van der Waals surface area contributed by atoms with Gasteiger partial charge in [-0.25, -0.2) is 8.78 Å². The minimum atomic E-state index is -1.63. The van der Waals surface area contributed by atoms with Gasteiger partial charge in [-0.3, -0.25) is 9.59 Å². The number of benzene rings is 1. The molecule has 0 radical (unpaired) electrons. The third-order valence-corrected chi connectivity index (χ3v) is 6.36. The summed E-state index contributed by atoms with van der Waals surface area (Å²) in [7, 11) is 0. The van der Waals surface area contributed by atoms with Crippen LogP contribution in [0.4, 0.5) is 8.78 Å². The van der Waals surface area contributed by atoms with Crippen molar-refractivity contribution in [3.05, 3.63) is 35.4 Å². The van der Waals surface area contributed by atoms with Crippen LogP contribution in [0.3, 0.4) is 0 Å². The van der Waals surface area contributed by atoms with Crippen LogP contribution in [-0.2, 0) is 36.0 Å². The van der Waals surface area contributed by atoms with E-state index in [1.165, 1.54) is 26.0 Å². The van der Waals surface area contributed by atoms with E-state index in [0.29, 0.717) is 0 Å². The molecule has 162 valence electrons. The molecular weight excluding hydrogens is 404 g/mol. The van der Waals surface area contributed by atoms with Gasteiger partial charge >= 0.3 is 11.9 Å². The minimum absolute atomic E-state index is 0.00445. The van der Waals surface area contributed by atoms with Crippen LogP contribution in [0.25, 0.3) is 0 Å². The molecule has 1 unspecified atom stereocenters. The van der Waals surface area contributed by atoms with E-state index in [1.807, 2.05) is 0 Å². The number of cyclic esters (lactones) is 2. The molecule has 1 aromatic carbocycles. The van der Waals surface area contributed by atoms with Crippen LogP contribution in [0.5, 0.6) is 0 Å². The molecule has 0 aliphatic carbocycles. The molecule has 2 rings (SSSR count). The quantitative estimate of drug-likeness (QED) is 0.422. The highest BCUT2D eigenvalue weighted by atomic mass is 32.2. The summed E-state index contributed by atoms with van der Waals surface area (Å²) in [5, 5.41) is 0. The maximum Gasteiger partial charge on any atom is 0.323 e. The van der Waals surface area contributed by atoms with Gasteiger partial charge in [-0.1, -0.05) is 12.1 Å². The number of hydrogen-bond acceptors (Lipinski definition) is 6. The average molecular weight is 432 g/mol. The fourth-order valence-corrected chi connectivity index (χ4v) is 3.87. The van der Waals surface area contributed by atoms with Gasteiger partial charge in [-0.2, -0.15) is 0 Å². The Morgan fingerprint density at radius 3 is 2.21 bits per heavy atom. The Labute approximate surface area is 172 Å². The van der Waals surface area contributed by atoms with Crippen molar-refractivity contribution < 1.29 is 32.4 Å². The van der Waals surface area contributed by atoms with Gasteiger partial charge in [0.15, 0.2) is 17.6 Å². The normalized spacial score (nSPS) is 20.6.